The van der Waals surface area contributed by atoms with Crippen LogP contribution in [0.25, 0.3) is 11.5 Å². The highest BCUT2D eigenvalue weighted by molar-refractivity contribution is 5.76. The van der Waals surface area contributed by atoms with Crippen LogP contribution in [0.4, 0.5) is 4.39 Å². The third-order valence-electron chi connectivity index (χ3n) is 4.91. The van der Waals surface area contributed by atoms with Crippen LogP contribution in [0, 0.1) is 11.7 Å². The lowest BCUT2D eigenvalue weighted by molar-refractivity contribution is -0.133. The molecule has 25 heavy (non-hydrogen) atoms. The van der Waals surface area contributed by atoms with E-state index >= 15 is 0 Å². The van der Waals surface area contributed by atoms with E-state index in [1.165, 1.54) is 24.3 Å². The summed E-state index contributed by atoms with van der Waals surface area (Å²) in [6.07, 6.45) is 4.19. The first-order valence-corrected chi connectivity index (χ1v) is 8.53. The number of nitrogens with zero attached hydrogens (tertiary/aromatic N) is 3. The van der Waals surface area contributed by atoms with E-state index in [1.807, 2.05) is 0 Å². The Labute approximate surface area is 145 Å². The Hall–Kier alpha value is -2.44. The predicted octanol–water partition coefficient (Wildman–Crippen LogP) is 2.68. The number of aromatic nitrogens is 2. The maximum Gasteiger partial charge on any atom is 0.437 e. The molecule has 1 heterocycles. The van der Waals surface area contributed by atoms with Crippen LogP contribution in [0.1, 0.15) is 32.6 Å². The van der Waals surface area contributed by atoms with Crippen molar-refractivity contribution in [2.45, 2.75) is 45.2 Å². The van der Waals surface area contributed by atoms with Crippen molar-refractivity contribution in [3.05, 3.63) is 40.6 Å². The van der Waals surface area contributed by atoms with E-state index in [2.05, 4.69) is 12.0 Å². The highest BCUT2D eigenvalue weighted by atomic mass is 19.1. The summed E-state index contributed by atoms with van der Waals surface area (Å²) in [5, 5.41) is 4.06. The number of halogens is 1. The fraction of sp³-hybridized carbons (Fsp3) is 0.500. The van der Waals surface area contributed by atoms with Crippen LogP contribution in [0.2, 0.25) is 0 Å². The standard InChI is InChI=1S/C18H22FN3O3/c1-12-3-9-15(10-4-12)21(2)16(23)11-22-18(24)25-17(20-22)13-5-7-14(19)8-6-13/h5-8,12,15H,3-4,9-11H2,1-2H3. The van der Waals surface area contributed by atoms with Gasteiger partial charge in [0.1, 0.15) is 12.4 Å². The van der Waals surface area contributed by atoms with Crippen LogP contribution < -0.4 is 5.76 Å². The lowest BCUT2D eigenvalue weighted by atomic mass is 9.87. The molecule has 134 valence electrons. The molecule has 3 rings (SSSR count). The van der Waals surface area contributed by atoms with Crippen molar-refractivity contribution in [3.63, 3.8) is 0 Å². The maximum absolute atomic E-state index is 13.0. The SMILES string of the molecule is CC1CCC(N(C)C(=O)Cn2nc(-c3ccc(F)cc3)oc2=O)CC1. The highest BCUT2D eigenvalue weighted by Crippen LogP contribution is 2.26. The quantitative estimate of drug-likeness (QED) is 0.853. The van der Waals surface area contributed by atoms with E-state index in [9.17, 15) is 14.0 Å². The monoisotopic (exact) mass is 347 g/mol. The third kappa shape index (κ3) is 3.97. The molecule has 2 aromatic rings. The molecule has 6 nitrogen and oxygen atoms in total. The Morgan fingerprint density at radius 1 is 1.28 bits per heavy atom. The second kappa shape index (κ2) is 7.21. The number of hydrogen-bond donors (Lipinski definition) is 0. The molecule has 1 saturated carbocycles. The molecule has 1 aromatic carbocycles. The zero-order valence-corrected chi connectivity index (χ0v) is 14.4. The van der Waals surface area contributed by atoms with Gasteiger partial charge < -0.3 is 9.32 Å². The van der Waals surface area contributed by atoms with Crippen molar-refractivity contribution >= 4 is 5.91 Å². The molecular weight excluding hydrogens is 325 g/mol. The molecule has 1 aliphatic rings. The van der Waals surface area contributed by atoms with E-state index < -0.39 is 5.76 Å². The van der Waals surface area contributed by atoms with Gasteiger partial charge in [-0.25, -0.2) is 9.18 Å². The van der Waals surface area contributed by atoms with Crippen LogP contribution in [0.3, 0.4) is 0 Å². The molecule has 0 unspecified atom stereocenters. The topological polar surface area (TPSA) is 68.3 Å². The van der Waals surface area contributed by atoms with Crippen molar-refractivity contribution in [2.75, 3.05) is 7.05 Å². The Morgan fingerprint density at radius 2 is 1.92 bits per heavy atom. The molecule has 1 aromatic heterocycles. The molecule has 0 bridgehead atoms. The number of carbonyl (C=O) groups excluding carboxylic acids is 1. The summed E-state index contributed by atoms with van der Waals surface area (Å²) in [5.74, 6) is -0.466. The van der Waals surface area contributed by atoms with Gasteiger partial charge >= 0.3 is 5.76 Å². The molecular formula is C18H22FN3O3. The molecule has 0 N–H and O–H groups in total. The zero-order valence-electron chi connectivity index (χ0n) is 14.4. The maximum atomic E-state index is 13.0. The molecule has 0 radical (unpaired) electrons. The van der Waals surface area contributed by atoms with Gasteiger partial charge in [0.15, 0.2) is 0 Å². The number of hydrogen-bond acceptors (Lipinski definition) is 4. The lowest BCUT2D eigenvalue weighted by Gasteiger charge is -2.33. The molecule has 0 aliphatic heterocycles. The predicted molar refractivity (Wildman–Crippen MR) is 90.3 cm³/mol. The van der Waals surface area contributed by atoms with Crippen LogP contribution in [0.5, 0.6) is 0 Å². The number of rotatable bonds is 4. The van der Waals surface area contributed by atoms with Gasteiger partial charge in [0.05, 0.1) is 0 Å². The minimum Gasteiger partial charge on any atom is -0.388 e. The summed E-state index contributed by atoms with van der Waals surface area (Å²) >= 11 is 0. The summed E-state index contributed by atoms with van der Waals surface area (Å²) in [7, 11) is 1.77. The van der Waals surface area contributed by atoms with Gasteiger partial charge in [-0.1, -0.05) is 6.92 Å². The average molecular weight is 347 g/mol. The summed E-state index contributed by atoms with van der Waals surface area (Å²) < 4.78 is 19.1. The lowest BCUT2D eigenvalue weighted by Crippen LogP contribution is -2.42. The van der Waals surface area contributed by atoms with E-state index in [-0.39, 0.29) is 30.2 Å². The summed E-state index contributed by atoms with van der Waals surface area (Å²) in [6, 6.07) is 5.68. The molecule has 0 saturated heterocycles. The van der Waals surface area contributed by atoms with Gasteiger partial charge in [0.25, 0.3) is 0 Å². The van der Waals surface area contributed by atoms with Gasteiger partial charge in [-0.3, -0.25) is 4.79 Å². The second-order valence-electron chi connectivity index (χ2n) is 6.76. The Balaban J connectivity index is 1.69. The largest absolute Gasteiger partial charge is 0.437 e. The summed E-state index contributed by atoms with van der Waals surface area (Å²) in [4.78, 5) is 26.1. The number of carbonyl (C=O) groups is 1. The Kier molecular flexibility index (Phi) is 5.01. The highest BCUT2D eigenvalue weighted by Gasteiger charge is 2.25. The molecule has 1 fully saturated rings. The fourth-order valence-electron chi connectivity index (χ4n) is 3.19. The smallest absolute Gasteiger partial charge is 0.388 e. The first-order valence-electron chi connectivity index (χ1n) is 8.53. The van der Waals surface area contributed by atoms with Crippen molar-refractivity contribution in [3.8, 4) is 11.5 Å². The van der Waals surface area contributed by atoms with E-state index in [0.717, 1.165) is 30.4 Å². The number of amides is 1. The van der Waals surface area contributed by atoms with Crippen molar-refractivity contribution in [2.24, 2.45) is 5.92 Å². The van der Waals surface area contributed by atoms with Gasteiger partial charge in [-0.15, -0.1) is 5.10 Å². The molecule has 0 atom stereocenters. The van der Waals surface area contributed by atoms with Crippen molar-refractivity contribution < 1.29 is 13.6 Å². The zero-order chi connectivity index (χ0) is 18.0. The van der Waals surface area contributed by atoms with Crippen molar-refractivity contribution in [1.82, 2.24) is 14.7 Å². The van der Waals surface area contributed by atoms with Crippen LogP contribution >= 0.6 is 0 Å². The minimum atomic E-state index is -0.696. The Bertz CT molecular complexity index is 789. The van der Waals surface area contributed by atoms with Crippen LogP contribution in [0.15, 0.2) is 33.5 Å². The molecule has 0 spiro atoms. The second-order valence-corrected chi connectivity index (χ2v) is 6.76. The van der Waals surface area contributed by atoms with E-state index in [0.29, 0.717) is 11.5 Å². The van der Waals surface area contributed by atoms with E-state index in [1.54, 1.807) is 11.9 Å². The summed E-state index contributed by atoms with van der Waals surface area (Å²) in [6.45, 7) is 2.07. The summed E-state index contributed by atoms with van der Waals surface area (Å²) in [5.41, 5.74) is 0.485. The first kappa shape index (κ1) is 17.4. The first-order chi connectivity index (χ1) is 11.9. The number of likely N-dealkylation sites (N-methyl/N-ethyl adjacent to an activating group) is 1. The fourth-order valence-corrected chi connectivity index (χ4v) is 3.19. The third-order valence-corrected chi connectivity index (χ3v) is 4.91. The Morgan fingerprint density at radius 3 is 2.56 bits per heavy atom. The molecule has 7 heteroatoms. The van der Waals surface area contributed by atoms with Gasteiger partial charge in [0, 0.05) is 18.7 Å². The minimum absolute atomic E-state index is 0.0759. The van der Waals surface area contributed by atoms with Crippen molar-refractivity contribution in [1.29, 1.82) is 0 Å². The number of benzene rings is 1. The van der Waals surface area contributed by atoms with Gasteiger partial charge in [0.2, 0.25) is 11.8 Å². The van der Waals surface area contributed by atoms with E-state index in [4.69, 9.17) is 4.42 Å². The van der Waals surface area contributed by atoms with Gasteiger partial charge in [-0.05, 0) is 55.9 Å². The normalized spacial score (nSPS) is 20.4. The molecule has 1 amide bonds. The van der Waals surface area contributed by atoms with Crippen LogP contribution in [-0.2, 0) is 11.3 Å². The molecule has 1 aliphatic carbocycles. The average Bonchev–Trinajstić information content (AvgIpc) is 2.96. The van der Waals surface area contributed by atoms with Gasteiger partial charge in [-0.2, -0.15) is 4.68 Å². The van der Waals surface area contributed by atoms with Crippen LogP contribution in [-0.4, -0.2) is 33.7 Å².